The van der Waals surface area contributed by atoms with Crippen molar-refractivity contribution >= 4 is 51.2 Å². The number of fused-ring (bicyclic) bond motifs is 3. The van der Waals surface area contributed by atoms with E-state index >= 15 is 0 Å². The van der Waals surface area contributed by atoms with Crippen molar-refractivity contribution in [3.05, 3.63) is 65.5 Å². The molecule has 38 heavy (non-hydrogen) atoms. The van der Waals surface area contributed by atoms with Crippen LogP contribution in [0.15, 0.2) is 48.5 Å². The zero-order valence-electron chi connectivity index (χ0n) is 21.4. The molecular weight excluding hydrogens is 506 g/mol. The minimum atomic E-state index is -0.892. The van der Waals surface area contributed by atoms with Gasteiger partial charge in [0.1, 0.15) is 23.8 Å². The monoisotopic (exact) mass is 537 g/mol. The molecule has 0 aliphatic rings. The average molecular weight is 538 g/mol. The average Bonchev–Trinajstić information content (AvgIpc) is 3.27. The van der Waals surface area contributed by atoms with Gasteiger partial charge in [-0.2, -0.15) is 0 Å². The number of para-hydroxylation sites is 1. The van der Waals surface area contributed by atoms with E-state index in [0.717, 1.165) is 40.6 Å². The van der Waals surface area contributed by atoms with E-state index < -0.39 is 5.97 Å². The van der Waals surface area contributed by atoms with Gasteiger partial charge in [-0.1, -0.05) is 42.5 Å². The van der Waals surface area contributed by atoms with Gasteiger partial charge >= 0.3 is 5.97 Å². The quantitative estimate of drug-likeness (QED) is 0.191. The molecule has 4 aromatic rings. The van der Waals surface area contributed by atoms with E-state index in [1.54, 1.807) is 11.0 Å². The number of aliphatic carboxylic acids is 1. The van der Waals surface area contributed by atoms with Crippen LogP contribution in [0, 0.1) is 0 Å². The molecule has 2 aromatic carbocycles. The number of nitrogen functional groups attached to an aromatic ring is 1. The second kappa shape index (κ2) is 12.7. The fraction of sp³-hybridized carbons (Fsp3) is 0.357. The third-order valence-electron chi connectivity index (χ3n) is 6.37. The number of ether oxygens (including phenoxy) is 1. The lowest BCUT2D eigenvalue weighted by Gasteiger charge is -2.22. The van der Waals surface area contributed by atoms with Crippen molar-refractivity contribution in [1.82, 2.24) is 19.4 Å². The summed E-state index contributed by atoms with van der Waals surface area (Å²) in [5, 5.41) is 10.1. The van der Waals surface area contributed by atoms with E-state index in [2.05, 4.69) is 9.55 Å². The number of halogens is 1. The number of nitrogens with two attached hydrogens (primary N) is 1. The lowest BCUT2D eigenvalue weighted by molar-refractivity contribution is -0.136. The lowest BCUT2D eigenvalue weighted by Crippen LogP contribution is -2.32. The molecule has 0 aliphatic carbocycles. The van der Waals surface area contributed by atoms with E-state index in [-0.39, 0.29) is 18.2 Å². The van der Waals surface area contributed by atoms with Crippen molar-refractivity contribution in [2.24, 2.45) is 0 Å². The van der Waals surface area contributed by atoms with Crippen molar-refractivity contribution in [1.29, 1.82) is 0 Å². The SMILES string of the molecule is CCOCc1nc2c(N)nc3ccccc3c2n1CCCCN(Cc1cccc(CC(=O)O)c1)C(=O)CCl. The maximum absolute atomic E-state index is 12.6. The molecule has 0 aliphatic heterocycles. The van der Waals surface area contributed by atoms with Crippen LogP contribution in [-0.2, 0) is 40.4 Å². The number of rotatable bonds is 13. The number of hydrogen-bond acceptors (Lipinski definition) is 6. The third-order valence-corrected chi connectivity index (χ3v) is 6.60. The first-order valence-electron chi connectivity index (χ1n) is 12.7. The summed E-state index contributed by atoms with van der Waals surface area (Å²) in [4.78, 5) is 34.7. The largest absolute Gasteiger partial charge is 0.481 e. The van der Waals surface area contributed by atoms with E-state index in [4.69, 9.17) is 32.2 Å². The highest BCUT2D eigenvalue weighted by Gasteiger charge is 2.18. The number of carboxylic acids is 1. The normalized spacial score (nSPS) is 11.3. The molecule has 9 nitrogen and oxygen atoms in total. The first-order chi connectivity index (χ1) is 18.4. The van der Waals surface area contributed by atoms with Gasteiger partial charge in [-0.25, -0.2) is 9.97 Å². The zero-order chi connectivity index (χ0) is 27.1. The predicted octanol–water partition coefficient (Wildman–Crippen LogP) is 4.38. The number of carboxylic acid groups (broad SMARTS) is 1. The number of nitrogens with zero attached hydrogens (tertiary/aromatic N) is 4. The highest BCUT2D eigenvalue weighted by Crippen LogP contribution is 2.29. The summed E-state index contributed by atoms with van der Waals surface area (Å²) in [5.41, 5.74) is 10.3. The Hall–Kier alpha value is -3.69. The fourth-order valence-corrected chi connectivity index (χ4v) is 4.80. The Balaban J connectivity index is 1.51. The number of carbonyl (C=O) groups excluding carboxylic acids is 1. The van der Waals surface area contributed by atoms with Crippen molar-refractivity contribution in [3.63, 3.8) is 0 Å². The Morgan fingerprint density at radius 2 is 1.89 bits per heavy atom. The van der Waals surface area contributed by atoms with E-state index in [1.165, 1.54) is 0 Å². The van der Waals surface area contributed by atoms with Crippen molar-refractivity contribution in [3.8, 4) is 0 Å². The second-order valence-corrected chi connectivity index (χ2v) is 9.34. The molecule has 2 aromatic heterocycles. The number of amides is 1. The van der Waals surface area contributed by atoms with Gasteiger partial charge < -0.3 is 25.0 Å². The van der Waals surface area contributed by atoms with Crippen LogP contribution in [0.1, 0.15) is 36.7 Å². The minimum absolute atomic E-state index is 0.0606. The van der Waals surface area contributed by atoms with E-state index in [9.17, 15) is 9.59 Å². The highest BCUT2D eigenvalue weighted by molar-refractivity contribution is 6.27. The molecule has 0 saturated heterocycles. The molecule has 0 saturated carbocycles. The summed E-state index contributed by atoms with van der Waals surface area (Å²) in [7, 11) is 0. The first kappa shape index (κ1) is 27.3. The van der Waals surface area contributed by atoms with Gasteiger partial charge in [-0.05, 0) is 37.0 Å². The number of hydrogen-bond donors (Lipinski definition) is 2. The van der Waals surface area contributed by atoms with Crippen molar-refractivity contribution in [2.75, 3.05) is 24.8 Å². The number of aromatic nitrogens is 3. The number of pyridine rings is 1. The summed E-state index contributed by atoms with van der Waals surface area (Å²) in [5.74, 6) is 0.00888. The van der Waals surface area contributed by atoms with Gasteiger partial charge in [0.05, 0.1) is 17.5 Å². The Bertz CT molecular complexity index is 1440. The highest BCUT2D eigenvalue weighted by atomic mass is 35.5. The van der Waals surface area contributed by atoms with Gasteiger partial charge in [-0.15, -0.1) is 11.6 Å². The van der Waals surface area contributed by atoms with Crippen LogP contribution in [0.4, 0.5) is 5.82 Å². The molecule has 4 rings (SSSR count). The molecule has 2 heterocycles. The Labute approximate surface area is 226 Å². The molecule has 0 atom stereocenters. The van der Waals surface area contributed by atoms with E-state index in [1.807, 2.05) is 49.4 Å². The maximum atomic E-state index is 12.6. The first-order valence-corrected chi connectivity index (χ1v) is 13.2. The number of carbonyl (C=O) groups is 2. The van der Waals surface area contributed by atoms with Crippen LogP contribution in [0.3, 0.4) is 0 Å². The molecule has 1 amide bonds. The van der Waals surface area contributed by atoms with Crippen molar-refractivity contribution < 1.29 is 19.4 Å². The molecule has 200 valence electrons. The van der Waals surface area contributed by atoms with Crippen LogP contribution in [-0.4, -0.2) is 55.4 Å². The molecule has 0 unspecified atom stereocenters. The Morgan fingerprint density at radius 1 is 1.11 bits per heavy atom. The second-order valence-electron chi connectivity index (χ2n) is 9.07. The number of imidazole rings is 1. The summed E-state index contributed by atoms with van der Waals surface area (Å²) in [6.07, 6.45) is 1.46. The number of unbranched alkanes of at least 4 members (excludes halogenated alkanes) is 1. The van der Waals surface area contributed by atoms with Crippen LogP contribution in [0.5, 0.6) is 0 Å². The maximum Gasteiger partial charge on any atom is 0.307 e. The molecule has 0 bridgehead atoms. The summed E-state index contributed by atoms with van der Waals surface area (Å²) in [6, 6.07) is 15.2. The summed E-state index contributed by atoms with van der Waals surface area (Å²) in [6.45, 7) is 4.44. The van der Waals surface area contributed by atoms with Gasteiger partial charge in [-0.3, -0.25) is 9.59 Å². The number of benzene rings is 2. The predicted molar refractivity (Wildman–Crippen MR) is 148 cm³/mol. The topological polar surface area (TPSA) is 124 Å². The molecule has 10 heteroatoms. The van der Waals surface area contributed by atoms with Gasteiger partial charge in [0.25, 0.3) is 0 Å². The van der Waals surface area contributed by atoms with Gasteiger partial charge in [0, 0.05) is 31.6 Å². The fourth-order valence-electron chi connectivity index (χ4n) is 4.63. The van der Waals surface area contributed by atoms with Crippen LogP contribution in [0.25, 0.3) is 21.9 Å². The van der Waals surface area contributed by atoms with Crippen molar-refractivity contribution in [2.45, 2.75) is 45.9 Å². The lowest BCUT2D eigenvalue weighted by atomic mass is 10.1. The van der Waals surface area contributed by atoms with Crippen LogP contribution < -0.4 is 5.73 Å². The molecule has 0 radical (unpaired) electrons. The van der Waals surface area contributed by atoms with Crippen LogP contribution in [0.2, 0.25) is 0 Å². The molecule has 3 N–H and O–H groups in total. The summed E-state index contributed by atoms with van der Waals surface area (Å²) < 4.78 is 7.83. The molecule has 0 spiro atoms. The smallest absolute Gasteiger partial charge is 0.307 e. The van der Waals surface area contributed by atoms with Gasteiger partial charge in [0.15, 0.2) is 5.82 Å². The molecular formula is C28H32ClN5O4. The molecule has 0 fully saturated rings. The Kier molecular flexibility index (Phi) is 9.15. The zero-order valence-corrected chi connectivity index (χ0v) is 22.2. The number of alkyl halides is 1. The Morgan fingerprint density at radius 3 is 2.66 bits per heavy atom. The minimum Gasteiger partial charge on any atom is -0.481 e. The number of aryl methyl sites for hydroxylation is 1. The third kappa shape index (κ3) is 6.41. The number of anilines is 1. The van der Waals surface area contributed by atoms with E-state index in [0.29, 0.717) is 49.7 Å². The standard InChI is InChI=1S/C28H32ClN5O4/c1-2-38-18-23-32-26-27(21-10-3-4-11-22(21)31-28(26)30)34(23)13-6-5-12-33(24(35)16-29)17-20-9-7-8-19(14-20)15-25(36)37/h3-4,7-11,14H,2,5-6,12-13,15-18H2,1H3,(H2,30,31)(H,36,37). The van der Waals surface area contributed by atoms with Gasteiger partial charge in [0.2, 0.25) is 5.91 Å². The van der Waals surface area contributed by atoms with Crippen LogP contribution >= 0.6 is 11.6 Å². The summed E-state index contributed by atoms with van der Waals surface area (Å²) >= 11 is 5.90.